The van der Waals surface area contributed by atoms with Gasteiger partial charge in [-0.15, -0.1) is 0 Å². The fraction of sp³-hybridized carbons (Fsp3) is 0.500. The highest BCUT2D eigenvalue weighted by Gasteiger charge is 2.38. The standard InChI is InChI=1S/C12H14BrNO/c13-10-1-2-11-9(7-10)3-4-12(15-11)5-6-14-8-12/h1-2,7,14H,3-6,8H2/t12-/m1/s1. The fourth-order valence-corrected chi connectivity index (χ4v) is 2.92. The molecule has 80 valence electrons. The summed E-state index contributed by atoms with van der Waals surface area (Å²) in [6.45, 7) is 2.09. The van der Waals surface area contributed by atoms with Crippen LogP contribution in [0, 0.1) is 0 Å². The molecule has 1 aromatic carbocycles. The number of nitrogens with one attached hydrogen (secondary N) is 1. The van der Waals surface area contributed by atoms with Crippen LogP contribution in [0.4, 0.5) is 0 Å². The maximum absolute atomic E-state index is 6.15. The van der Waals surface area contributed by atoms with Gasteiger partial charge >= 0.3 is 0 Å². The van der Waals surface area contributed by atoms with Crippen LogP contribution < -0.4 is 10.1 Å². The molecule has 0 aliphatic carbocycles. The molecule has 0 saturated carbocycles. The van der Waals surface area contributed by atoms with Gasteiger partial charge in [0.2, 0.25) is 0 Å². The molecule has 0 amide bonds. The molecule has 2 nitrogen and oxygen atoms in total. The Morgan fingerprint density at radius 1 is 1.33 bits per heavy atom. The molecule has 1 spiro atoms. The lowest BCUT2D eigenvalue weighted by molar-refractivity contribution is 0.0664. The Kier molecular flexibility index (Phi) is 2.25. The Morgan fingerprint density at radius 2 is 2.27 bits per heavy atom. The Balaban J connectivity index is 1.93. The van der Waals surface area contributed by atoms with E-state index in [1.54, 1.807) is 0 Å². The average Bonchev–Trinajstić information content (AvgIpc) is 2.67. The van der Waals surface area contributed by atoms with Crippen LogP contribution in [-0.2, 0) is 6.42 Å². The third kappa shape index (κ3) is 1.68. The zero-order valence-electron chi connectivity index (χ0n) is 8.55. The molecule has 1 fully saturated rings. The Morgan fingerprint density at radius 3 is 3.07 bits per heavy atom. The van der Waals surface area contributed by atoms with Gasteiger partial charge in [0.05, 0.1) is 0 Å². The molecule has 1 aromatic rings. The number of ether oxygens (including phenoxy) is 1. The van der Waals surface area contributed by atoms with Gasteiger partial charge in [-0.3, -0.25) is 0 Å². The van der Waals surface area contributed by atoms with E-state index in [2.05, 4.69) is 39.4 Å². The zero-order valence-corrected chi connectivity index (χ0v) is 10.1. The minimum absolute atomic E-state index is 0.0842. The van der Waals surface area contributed by atoms with Gasteiger partial charge in [-0.2, -0.15) is 0 Å². The van der Waals surface area contributed by atoms with Gasteiger partial charge in [0.1, 0.15) is 11.4 Å². The fourth-order valence-electron chi connectivity index (χ4n) is 2.51. The Labute approximate surface area is 98.1 Å². The summed E-state index contributed by atoms with van der Waals surface area (Å²) in [5.41, 5.74) is 1.42. The summed E-state index contributed by atoms with van der Waals surface area (Å²) in [6, 6.07) is 6.31. The van der Waals surface area contributed by atoms with Crippen molar-refractivity contribution < 1.29 is 4.74 Å². The monoisotopic (exact) mass is 267 g/mol. The normalized spacial score (nSPS) is 28.9. The van der Waals surface area contributed by atoms with Crippen molar-refractivity contribution >= 4 is 15.9 Å². The first-order valence-corrected chi connectivity index (χ1v) is 6.25. The first-order valence-electron chi connectivity index (χ1n) is 5.46. The highest BCUT2D eigenvalue weighted by Crippen LogP contribution is 2.37. The number of fused-ring (bicyclic) bond motifs is 1. The molecule has 1 atom stereocenters. The number of hydrogen-bond acceptors (Lipinski definition) is 2. The molecule has 2 aliphatic heterocycles. The zero-order chi connectivity index (χ0) is 10.3. The SMILES string of the molecule is Brc1ccc2c(c1)CC[C@]1(CCNC1)O2. The predicted molar refractivity (Wildman–Crippen MR) is 63.3 cm³/mol. The summed E-state index contributed by atoms with van der Waals surface area (Å²) in [4.78, 5) is 0. The molecular formula is C12H14BrNO. The molecule has 3 rings (SSSR count). The molecule has 2 aliphatic rings. The largest absolute Gasteiger partial charge is 0.486 e. The molecule has 3 heteroatoms. The van der Waals surface area contributed by atoms with Gasteiger partial charge in [0.25, 0.3) is 0 Å². The van der Waals surface area contributed by atoms with E-state index in [0.717, 1.165) is 42.6 Å². The van der Waals surface area contributed by atoms with Crippen LogP contribution in [0.25, 0.3) is 0 Å². The van der Waals surface area contributed by atoms with E-state index >= 15 is 0 Å². The van der Waals surface area contributed by atoms with E-state index in [0.29, 0.717) is 0 Å². The molecule has 15 heavy (non-hydrogen) atoms. The first-order chi connectivity index (χ1) is 7.27. The summed E-state index contributed by atoms with van der Waals surface area (Å²) in [5.74, 6) is 1.08. The molecule has 1 N–H and O–H groups in total. The van der Waals surface area contributed by atoms with Crippen LogP contribution >= 0.6 is 15.9 Å². The van der Waals surface area contributed by atoms with E-state index in [9.17, 15) is 0 Å². The summed E-state index contributed by atoms with van der Waals surface area (Å²) in [6.07, 6.45) is 3.42. The van der Waals surface area contributed by atoms with Crippen molar-refractivity contribution in [1.29, 1.82) is 0 Å². The van der Waals surface area contributed by atoms with Gasteiger partial charge in [-0.05, 0) is 43.1 Å². The van der Waals surface area contributed by atoms with Crippen LogP contribution in [0.1, 0.15) is 18.4 Å². The summed E-state index contributed by atoms with van der Waals surface area (Å²) >= 11 is 3.50. The smallest absolute Gasteiger partial charge is 0.123 e. The lowest BCUT2D eigenvalue weighted by Crippen LogP contribution is -2.41. The summed E-state index contributed by atoms with van der Waals surface area (Å²) in [7, 11) is 0. The van der Waals surface area contributed by atoms with Crippen molar-refractivity contribution in [2.75, 3.05) is 13.1 Å². The minimum atomic E-state index is 0.0842. The first kappa shape index (κ1) is 9.67. The van der Waals surface area contributed by atoms with E-state index in [-0.39, 0.29) is 5.60 Å². The minimum Gasteiger partial charge on any atom is -0.486 e. The topological polar surface area (TPSA) is 21.3 Å². The van der Waals surface area contributed by atoms with Crippen LogP contribution in [0.3, 0.4) is 0 Å². The van der Waals surface area contributed by atoms with Crippen molar-refractivity contribution in [2.24, 2.45) is 0 Å². The summed E-state index contributed by atoms with van der Waals surface area (Å²) < 4.78 is 7.30. The number of rotatable bonds is 0. The van der Waals surface area contributed by atoms with E-state index in [1.165, 1.54) is 5.56 Å². The quantitative estimate of drug-likeness (QED) is 0.780. The van der Waals surface area contributed by atoms with Gasteiger partial charge in [-0.1, -0.05) is 15.9 Å². The number of hydrogen-bond donors (Lipinski definition) is 1. The third-order valence-electron chi connectivity index (χ3n) is 3.40. The molecule has 0 radical (unpaired) electrons. The van der Waals surface area contributed by atoms with E-state index in [4.69, 9.17) is 4.74 Å². The second-order valence-electron chi connectivity index (χ2n) is 4.46. The molecule has 1 saturated heterocycles. The van der Waals surface area contributed by atoms with Crippen molar-refractivity contribution in [1.82, 2.24) is 5.32 Å². The van der Waals surface area contributed by atoms with Crippen molar-refractivity contribution in [3.05, 3.63) is 28.2 Å². The average molecular weight is 268 g/mol. The third-order valence-corrected chi connectivity index (χ3v) is 3.90. The Bertz CT molecular complexity index is 385. The van der Waals surface area contributed by atoms with E-state index < -0.39 is 0 Å². The molecule has 0 aromatic heterocycles. The highest BCUT2D eigenvalue weighted by atomic mass is 79.9. The highest BCUT2D eigenvalue weighted by molar-refractivity contribution is 9.10. The van der Waals surface area contributed by atoms with Crippen LogP contribution in [0.5, 0.6) is 5.75 Å². The maximum Gasteiger partial charge on any atom is 0.123 e. The van der Waals surface area contributed by atoms with Gasteiger partial charge in [0.15, 0.2) is 0 Å². The van der Waals surface area contributed by atoms with Crippen molar-refractivity contribution in [3.63, 3.8) is 0 Å². The lowest BCUT2D eigenvalue weighted by Gasteiger charge is -2.35. The number of benzene rings is 1. The molecule has 0 bridgehead atoms. The van der Waals surface area contributed by atoms with Gasteiger partial charge in [0, 0.05) is 17.4 Å². The van der Waals surface area contributed by atoms with Gasteiger partial charge < -0.3 is 10.1 Å². The second kappa shape index (κ2) is 3.49. The molecular weight excluding hydrogens is 254 g/mol. The van der Waals surface area contributed by atoms with Crippen LogP contribution in [0.2, 0.25) is 0 Å². The molecule has 0 unspecified atom stereocenters. The van der Waals surface area contributed by atoms with Gasteiger partial charge in [-0.25, -0.2) is 0 Å². The summed E-state index contributed by atoms with van der Waals surface area (Å²) in [5, 5.41) is 3.39. The second-order valence-corrected chi connectivity index (χ2v) is 5.38. The van der Waals surface area contributed by atoms with Crippen LogP contribution in [-0.4, -0.2) is 18.7 Å². The maximum atomic E-state index is 6.15. The van der Waals surface area contributed by atoms with Crippen molar-refractivity contribution in [2.45, 2.75) is 24.9 Å². The van der Waals surface area contributed by atoms with E-state index in [1.807, 2.05) is 0 Å². The van der Waals surface area contributed by atoms with Crippen molar-refractivity contribution in [3.8, 4) is 5.75 Å². The van der Waals surface area contributed by atoms with Crippen LogP contribution in [0.15, 0.2) is 22.7 Å². The number of halogens is 1. The predicted octanol–water partition coefficient (Wildman–Crippen LogP) is 2.51. The Hall–Kier alpha value is -0.540. The number of aryl methyl sites for hydroxylation is 1. The lowest BCUT2D eigenvalue weighted by atomic mass is 9.90. The molecule has 2 heterocycles.